The number of hydrogen-bond donors (Lipinski definition) is 1. The van der Waals surface area contributed by atoms with Crippen molar-refractivity contribution in [2.45, 2.75) is 32.2 Å². The summed E-state index contributed by atoms with van der Waals surface area (Å²) in [5.41, 5.74) is 1.01. The van der Waals surface area contributed by atoms with E-state index in [1.54, 1.807) is 12.1 Å². The molecule has 0 bridgehead atoms. The number of rotatable bonds is 8. The summed E-state index contributed by atoms with van der Waals surface area (Å²) in [6, 6.07) is 6.75. The van der Waals surface area contributed by atoms with Crippen LogP contribution in [0.4, 0.5) is 4.39 Å². The second-order valence-corrected chi connectivity index (χ2v) is 4.70. The molecule has 16 heavy (non-hydrogen) atoms. The molecular weight excluding hydrogens is 269 g/mol. The highest BCUT2D eigenvalue weighted by Crippen LogP contribution is 2.04. The van der Waals surface area contributed by atoms with Crippen molar-refractivity contribution in [3.8, 4) is 0 Å². The van der Waals surface area contributed by atoms with Crippen LogP contribution in [0.3, 0.4) is 0 Å². The molecule has 0 radical (unpaired) electrons. The van der Waals surface area contributed by atoms with Crippen LogP contribution in [-0.4, -0.2) is 11.9 Å². The zero-order valence-electron chi connectivity index (χ0n) is 9.52. The summed E-state index contributed by atoms with van der Waals surface area (Å²) in [6.07, 6.45) is 5.00. The predicted molar refractivity (Wildman–Crippen MR) is 70.4 cm³/mol. The van der Waals surface area contributed by atoms with E-state index in [2.05, 4.69) is 21.2 Å². The molecule has 0 aliphatic carbocycles. The molecule has 0 heterocycles. The van der Waals surface area contributed by atoms with E-state index >= 15 is 0 Å². The Morgan fingerprint density at radius 1 is 1.12 bits per heavy atom. The highest BCUT2D eigenvalue weighted by atomic mass is 79.9. The van der Waals surface area contributed by atoms with Gasteiger partial charge in [0.25, 0.3) is 0 Å². The number of unbranched alkanes of at least 4 members (excludes halogenated alkanes) is 3. The monoisotopic (exact) mass is 287 g/mol. The third kappa shape index (κ3) is 6.23. The van der Waals surface area contributed by atoms with Crippen LogP contribution in [0.15, 0.2) is 24.3 Å². The van der Waals surface area contributed by atoms with Crippen LogP contribution in [0.2, 0.25) is 0 Å². The Kier molecular flexibility index (Phi) is 7.43. The van der Waals surface area contributed by atoms with Crippen LogP contribution < -0.4 is 5.32 Å². The Morgan fingerprint density at radius 2 is 1.94 bits per heavy atom. The number of benzene rings is 1. The summed E-state index contributed by atoms with van der Waals surface area (Å²) in [5.74, 6) is -0.156. The maximum Gasteiger partial charge on any atom is 0.123 e. The average molecular weight is 288 g/mol. The Bertz CT molecular complexity index is 291. The van der Waals surface area contributed by atoms with Crippen LogP contribution in [0.1, 0.15) is 31.2 Å². The topological polar surface area (TPSA) is 12.0 Å². The van der Waals surface area contributed by atoms with Crippen LogP contribution in [0, 0.1) is 5.82 Å². The molecule has 1 aromatic carbocycles. The van der Waals surface area contributed by atoms with Gasteiger partial charge in [-0.05, 0) is 37.1 Å². The zero-order chi connectivity index (χ0) is 11.6. The fourth-order valence-corrected chi connectivity index (χ4v) is 1.97. The highest BCUT2D eigenvalue weighted by molar-refractivity contribution is 9.09. The van der Waals surface area contributed by atoms with Gasteiger partial charge >= 0.3 is 0 Å². The molecular formula is C13H19BrFN. The van der Waals surface area contributed by atoms with E-state index in [9.17, 15) is 4.39 Å². The summed E-state index contributed by atoms with van der Waals surface area (Å²) in [4.78, 5) is 0. The Hall–Kier alpha value is -0.410. The van der Waals surface area contributed by atoms with Crippen molar-refractivity contribution < 1.29 is 4.39 Å². The molecule has 0 aliphatic rings. The highest BCUT2D eigenvalue weighted by Gasteiger charge is 1.94. The van der Waals surface area contributed by atoms with Crippen molar-refractivity contribution >= 4 is 15.9 Å². The van der Waals surface area contributed by atoms with Gasteiger partial charge in [0.2, 0.25) is 0 Å². The average Bonchev–Trinajstić information content (AvgIpc) is 2.28. The van der Waals surface area contributed by atoms with Gasteiger partial charge < -0.3 is 5.32 Å². The maximum atomic E-state index is 12.8. The molecule has 1 nitrogen and oxygen atoms in total. The van der Waals surface area contributed by atoms with Crippen LogP contribution >= 0.6 is 15.9 Å². The molecule has 0 saturated heterocycles. The first-order valence-electron chi connectivity index (χ1n) is 5.84. The first-order chi connectivity index (χ1) is 7.83. The normalized spacial score (nSPS) is 10.6. The standard InChI is InChI=1S/C13H19BrFN/c14-8-3-1-2-4-9-16-11-12-6-5-7-13(15)10-12/h5-7,10,16H,1-4,8-9,11H2. The lowest BCUT2D eigenvalue weighted by molar-refractivity contribution is 0.593. The minimum absolute atomic E-state index is 0.156. The molecule has 1 N–H and O–H groups in total. The second-order valence-electron chi connectivity index (χ2n) is 3.91. The Morgan fingerprint density at radius 3 is 2.69 bits per heavy atom. The second kappa shape index (κ2) is 8.71. The van der Waals surface area contributed by atoms with Gasteiger partial charge in [-0.3, -0.25) is 0 Å². The smallest absolute Gasteiger partial charge is 0.123 e. The fraction of sp³-hybridized carbons (Fsp3) is 0.538. The predicted octanol–water partition coefficient (Wildman–Crippen LogP) is 3.87. The first-order valence-corrected chi connectivity index (χ1v) is 6.96. The van der Waals surface area contributed by atoms with Crippen molar-refractivity contribution in [2.75, 3.05) is 11.9 Å². The lowest BCUT2D eigenvalue weighted by Gasteiger charge is -2.04. The van der Waals surface area contributed by atoms with Crippen molar-refractivity contribution in [1.82, 2.24) is 5.32 Å². The maximum absolute atomic E-state index is 12.8. The van der Waals surface area contributed by atoms with Gasteiger partial charge in [-0.25, -0.2) is 4.39 Å². The van der Waals surface area contributed by atoms with Crippen LogP contribution in [0.5, 0.6) is 0 Å². The van der Waals surface area contributed by atoms with Gasteiger partial charge in [-0.1, -0.05) is 40.9 Å². The van der Waals surface area contributed by atoms with Crippen LogP contribution in [0.25, 0.3) is 0 Å². The Labute approximate surface area is 106 Å². The molecule has 3 heteroatoms. The number of hydrogen-bond acceptors (Lipinski definition) is 1. The van der Waals surface area contributed by atoms with E-state index in [1.165, 1.54) is 31.7 Å². The summed E-state index contributed by atoms with van der Waals surface area (Å²) in [6.45, 7) is 1.77. The summed E-state index contributed by atoms with van der Waals surface area (Å²) >= 11 is 3.42. The summed E-state index contributed by atoms with van der Waals surface area (Å²) in [5, 5.41) is 4.43. The van der Waals surface area contributed by atoms with Crippen LogP contribution in [-0.2, 0) is 6.54 Å². The molecule has 0 amide bonds. The van der Waals surface area contributed by atoms with E-state index < -0.39 is 0 Å². The van der Waals surface area contributed by atoms with Gasteiger partial charge in [0, 0.05) is 11.9 Å². The van der Waals surface area contributed by atoms with Crippen molar-refractivity contribution in [2.24, 2.45) is 0 Å². The van der Waals surface area contributed by atoms with Gasteiger partial charge in [0.05, 0.1) is 0 Å². The third-order valence-electron chi connectivity index (χ3n) is 2.46. The zero-order valence-corrected chi connectivity index (χ0v) is 11.1. The van der Waals surface area contributed by atoms with Crippen molar-refractivity contribution in [1.29, 1.82) is 0 Å². The Balaban J connectivity index is 2.03. The van der Waals surface area contributed by atoms with Gasteiger partial charge in [0.1, 0.15) is 5.82 Å². The first kappa shape index (κ1) is 13.7. The minimum atomic E-state index is -0.156. The van der Waals surface area contributed by atoms with Gasteiger partial charge in [0.15, 0.2) is 0 Å². The van der Waals surface area contributed by atoms with E-state index in [0.29, 0.717) is 0 Å². The number of nitrogens with one attached hydrogen (secondary N) is 1. The number of alkyl halides is 1. The van der Waals surface area contributed by atoms with Gasteiger partial charge in [-0.2, -0.15) is 0 Å². The quantitative estimate of drug-likeness (QED) is 0.565. The van der Waals surface area contributed by atoms with Crippen molar-refractivity contribution in [3.05, 3.63) is 35.6 Å². The van der Waals surface area contributed by atoms with Gasteiger partial charge in [-0.15, -0.1) is 0 Å². The molecule has 1 aromatic rings. The van der Waals surface area contributed by atoms with E-state index in [1.807, 2.05) is 6.07 Å². The molecule has 0 aliphatic heterocycles. The summed E-state index contributed by atoms with van der Waals surface area (Å²) in [7, 11) is 0. The third-order valence-corrected chi connectivity index (χ3v) is 3.02. The number of halogens is 2. The summed E-state index contributed by atoms with van der Waals surface area (Å²) < 4.78 is 12.8. The fourth-order valence-electron chi connectivity index (χ4n) is 1.58. The molecule has 0 spiro atoms. The molecule has 90 valence electrons. The molecule has 0 unspecified atom stereocenters. The van der Waals surface area contributed by atoms with E-state index in [0.717, 1.165) is 24.0 Å². The molecule has 0 saturated carbocycles. The minimum Gasteiger partial charge on any atom is -0.313 e. The molecule has 0 atom stereocenters. The largest absolute Gasteiger partial charge is 0.313 e. The van der Waals surface area contributed by atoms with E-state index in [-0.39, 0.29) is 5.82 Å². The SMILES string of the molecule is Fc1cccc(CNCCCCCCBr)c1. The molecule has 1 rings (SSSR count). The van der Waals surface area contributed by atoms with Crippen molar-refractivity contribution in [3.63, 3.8) is 0 Å². The molecule has 0 aromatic heterocycles. The molecule has 0 fully saturated rings. The van der Waals surface area contributed by atoms with E-state index in [4.69, 9.17) is 0 Å². The lowest BCUT2D eigenvalue weighted by atomic mass is 10.2. The lowest BCUT2D eigenvalue weighted by Crippen LogP contribution is -2.14.